The first-order valence-electron chi connectivity index (χ1n) is 27.6. The van der Waals surface area contributed by atoms with Crippen LogP contribution in [-0.4, -0.2) is 37.2 Å². The van der Waals surface area contributed by atoms with Crippen molar-refractivity contribution in [2.45, 2.75) is 311 Å². The van der Waals surface area contributed by atoms with E-state index < -0.39 is 6.10 Å². The summed E-state index contributed by atoms with van der Waals surface area (Å²) in [5, 5.41) is 0. The molecule has 0 amide bonds. The van der Waals surface area contributed by atoms with E-state index in [0.717, 1.165) is 75.5 Å². The number of hydrogen-bond acceptors (Lipinski definition) is 6. The van der Waals surface area contributed by atoms with E-state index in [0.29, 0.717) is 19.3 Å². The van der Waals surface area contributed by atoms with Crippen molar-refractivity contribution < 1.29 is 28.6 Å². The molecule has 6 nitrogen and oxygen atoms in total. The Bertz CT molecular complexity index is 962. The van der Waals surface area contributed by atoms with Gasteiger partial charge in [-0.25, -0.2) is 0 Å². The Morgan fingerprint density at radius 2 is 0.565 bits per heavy atom. The summed E-state index contributed by atoms with van der Waals surface area (Å²) < 4.78 is 16.8. The molecule has 0 aromatic heterocycles. The lowest BCUT2D eigenvalue weighted by molar-refractivity contribution is -0.167. The molecule has 0 fully saturated rings. The molecule has 2 atom stereocenters. The van der Waals surface area contributed by atoms with Crippen LogP contribution in [0.2, 0.25) is 0 Å². The average molecular weight is 877 g/mol. The first-order valence-corrected chi connectivity index (χ1v) is 27.6. The van der Waals surface area contributed by atoms with E-state index in [2.05, 4.69) is 41.5 Å². The zero-order chi connectivity index (χ0) is 45.6. The van der Waals surface area contributed by atoms with E-state index >= 15 is 0 Å². The summed E-state index contributed by atoms with van der Waals surface area (Å²) in [6, 6.07) is 0. The van der Waals surface area contributed by atoms with Crippen LogP contribution in [0.25, 0.3) is 0 Å². The molecule has 0 aromatic carbocycles. The van der Waals surface area contributed by atoms with Gasteiger partial charge < -0.3 is 14.2 Å². The van der Waals surface area contributed by atoms with Crippen LogP contribution >= 0.6 is 0 Å². The maximum Gasteiger partial charge on any atom is 0.306 e. The summed E-state index contributed by atoms with van der Waals surface area (Å²) in [7, 11) is 0. The van der Waals surface area contributed by atoms with Crippen molar-refractivity contribution in [3.8, 4) is 0 Å². The van der Waals surface area contributed by atoms with Crippen LogP contribution in [-0.2, 0) is 28.6 Å². The van der Waals surface area contributed by atoms with Crippen LogP contribution < -0.4 is 0 Å². The molecule has 0 spiro atoms. The predicted octanol–water partition coefficient (Wildman–Crippen LogP) is 17.9. The lowest BCUT2D eigenvalue weighted by atomic mass is 9.99. The monoisotopic (exact) mass is 877 g/mol. The molecule has 0 saturated carbocycles. The van der Waals surface area contributed by atoms with Gasteiger partial charge in [-0.3, -0.25) is 14.4 Å². The Labute approximate surface area is 387 Å². The van der Waals surface area contributed by atoms with Crippen molar-refractivity contribution in [1.29, 1.82) is 0 Å². The predicted molar refractivity (Wildman–Crippen MR) is 266 cm³/mol. The molecule has 0 aliphatic heterocycles. The minimum absolute atomic E-state index is 0.0651. The molecule has 0 aliphatic rings. The van der Waals surface area contributed by atoms with Crippen molar-refractivity contribution in [2.24, 2.45) is 17.8 Å². The summed E-state index contributed by atoms with van der Waals surface area (Å²) in [5.74, 6) is 1.64. The summed E-state index contributed by atoms with van der Waals surface area (Å²) in [6.45, 7) is 13.7. The highest BCUT2D eigenvalue weighted by Crippen LogP contribution is 2.18. The topological polar surface area (TPSA) is 78.9 Å². The highest BCUT2D eigenvalue weighted by atomic mass is 16.6. The Balaban J connectivity index is 4.21. The van der Waals surface area contributed by atoms with Crippen LogP contribution in [0.4, 0.5) is 0 Å². The third-order valence-corrected chi connectivity index (χ3v) is 13.0. The van der Waals surface area contributed by atoms with E-state index in [1.54, 1.807) is 0 Å². The Morgan fingerprint density at radius 1 is 0.323 bits per heavy atom. The first-order chi connectivity index (χ1) is 30.1. The third kappa shape index (κ3) is 47.9. The first kappa shape index (κ1) is 60.4. The number of carbonyl (C=O) groups excluding carboxylic acids is 3. The van der Waals surface area contributed by atoms with Crippen molar-refractivity contribution in [3.63, 3.8) is 0 Å². The molecule has 0 rings (SSSR count). The van der Waals surface area contributed by atoms with Gasteiger partial charge in [-0.05, 0) is 37.0 Å². The summed E-state index contributed by atoms with van der Waals surface area (Å²) in [5.41, 5.74) is 0. The Kier molecular flexibility index (Phi) is 46.2. The highest BCUT2D eigenvalue weighted by molar-refractivity contribution is 5.71. The van der Waals surface area contributed by atoms with E-state index in [1.807, 2.05) is 0 Å². The number of esters is 3. The van der Waals surface area contributed by atoms with Gasteiger partial charge in [0.05, 0.1) is 0 Å². The summed E-state index contributed by atoms with van der Waals surface area (Å²) in [6.07, 6.45) is 48.2. The molecule has 0 heterocycles. The van der Waals surface area contributed by atoms with Gasteiger partial charge in [-0.1, -0.05) is 266 Å². The zero-order valence-electron chi connectivity index (χ0n) is 42.7. The maximum atomic E-state index is 12.8. The SMILES string of the molecule is CCC(C)CCCCCCCCCCCCC(=O)OC[C@H](COC(=O)CCCCCCCCC(C)C)OC(=O)CCCCCCCCCCCCCCCCCCCCC(C)C. The van der Waals surface area contributed by atoms with Crippen LogP contribution in [0.15, 0.2) is 0 Å². The molecule has 1 unspecified atom stereocenters. The Hall–Kier alpha value is -1.59. The van der Waals surface area contributed by atoms with Crippen molar-refractivity contribution in [3.05, 3.63) is 0 Å². The second kappa shape index (κ2) is 47.4. The van der Waals surface area contributed by atoms with Gasteiger partial charge in [-0.2, -0.15) is 0 Å². The molecule has 0 aromatic rings. The zero-order valence-corrected chi connectivity index (χ0v) is 42.7. The number of ether oxygens (including phenoxy) is 3. The second-order valence-corrected chi connectivity index (χ2v) is 20.4. The normalized spacial score (nSPS) is 12.6. The fraction of sp³-hybridized carbons (Fsp3) is 0.946. The van der Waals surface area contributed by atoms with Crippen LogP contribution in [0.1, 0.15) is 305 Å². The number of unbranched alkanes of at least 4 members (excludes halogenated alkanes) is 31. The van der Waals surface area contributed by atoms with Crippen molar-refractivity contribution in [2.75, 3.05) is 13.2 Å². The van der Waals surface area contributed by atoms with E-state index in [-0.39, 0.29) is 31.1 Å². The molecule has 6 heteroatoms. The minimum Gasteiger partial charge on any atom is -0.462 e. The van der Waals surface area contributed by atoms with Gasteiger partial charge in [-0.15, -0.1) is 0 Å². The molecule has 62 heavy (non-hydrogen) atoms. The molecule has 0 saturated heterocycles. The van der Waals surface area contributed by atoms with Gasteiger partial charge in [0, 0.05) is 19.3 Å². The molecule has 0 aliphatic carbocycles. The lowest BCUT2D eigenvalue weighted by Gasteiger charge is -2.18. The number of carbonyl (C=O) groups is 3. The summed E-state index contributed by atoms with van der Waals surface area (Å²) in [4.78, 5) is 38.0. The largest absolute Gasteiger partial charge is 0.462 e. The van der Waals surface area contributed by atoms with Crippen LogP contribution in [0.5, 0.6) is 0 Å². The van der Waals surface area contributed by atoms with Crippen LogP contribution in [0, 0.1) is 17.8 Å². The third-order valence-electron chi connectivity index (χ3n) is 13.0. The minimum atomic E-state index is -0.763. The Morgan fingerprint density at radius 3 is 0.839 bits per heavy atom. The van der Waals surface area contributed by atoms with E-state index in [9.17, 15) is 14.4 Å². The molecular formula is C56H108O6. The van der Waals surface area contributed by atoms with E-state index in [4.69, 9.17) is 14.2 Å². The molecule has 0 bridgehead atoms. The fourth-order valence-electron chi connectivity index (χ4n) is 8.44. The maximum absolute atomic E-state index is 12.8. The van der Waals surface area contributed by atoms with Gasteiger partial charge >= 0.3 is 17.9 Å². The molecule has 368 valence electrons. The molecule has 0 N–H and O–H groups in total. The standard InChI is InChI=1S/C56H108O6/c1-7-52(6)44-38-32-25-21-18-19-22-26-33-39-45-54(57)60-48-53(49-61-55(58)46-40-34-29-28-31-37-43-51(4)5)62-56(59)47-41-35-27-23-17-15-13-11-9-8-10-12-14-16-20-24-30-36-42-50(2)3/h50-53H,7-49H2,1-6H3/t52?,53-/m1/s1. The highest BCUT2D eigenvalue weighted by Gasteiger charge is 2.19. The lowest BCUT2D eigenvalue weighted by Crippen LogP contribution is -2.30. The molecule has 0 radical (unpaired) electrons. The van der Waals surface area contributed by atoms with Gasteiger partial charge in [0.15, 0.2) is 6.10 Å². The second-order valence-electron chi connectivity index (χ2n) is 20.4. The number of hydrogen-bond donors (Lipinski definition) is 0. The number of rotatable bonds is 49. The average Bonchev–Trinajstić information content (AvgIpc) is 3.24. The fourth-order valence-corrected chi connectivity index (χ4v) is 8.44. The molecular weight excluding hydrogens is 769 g/mol. The summed E-state index contributed by atoms with van der Waals surface area (Å²) >= 11 is 0. The van der Waals surface area contributed by atoms with Gasteiger partial charge in [0.2, 0.25) is 0 Å². The van der Waals surface area contributed by atoms with E-state index in [1.165, 1.54) is 186 Å². The van der Waals surface area contributed by atoms with Crippen molar-refractivity contribution in [1.82, 2.24) is 0 Å². The van der Waals surface area contributed by atoms with Gasteiger partial charge in [0.1, 0.15) is 13.2 Å². The quantitative estimate of drug-likeness (QED) is 0.0344. The smallest absolute Gasteiger partial charge is 0.306 e. The van der Waals surface area contributed by atoms with Crippen molar-refractivity contribution >= 4 is 17.9 Å². The van der Waals surface area contributed by atoms with Crippen LogP contribution in [0.3, 0.4) is 0 Å². The van der Waals surface area contributed by atoms with Gasteiger partial charge in [0.25, 0.3) is 0 Å².